The van der Waals surface area contributed by atoms with Crippen molar-refractivity contribution in [1.82, 2.24) is 5.32 Å². The van der Waals surface area contributed by atoms with Gasteiger partial charge in [0.1, 0.15) is 0 Å². The van der Waals surface area contributed by atoms with Crippen LogP contribution in [0.15, 0.2) is 12.7 Å². The van der Waals surface area contributed by atoms with Crippen LogP contribution >= 0.6 is 0 Å². The molecule has 0 rings (SSSR count). The number of hydrogen-bond acceptors (Lipinski definition) is 1. The molecule has 0 spiro atoms. The molecular formula is C9H21N. The van der Waals surface area contributed by atoms with Gasteiger partial charge in [0.05, 0.1) is 0 Å². The van der Waals surface area contributed by atoms with Gasteiger partial charge in [-0.1, -0.05) is 26.8 Å². The van der Waals surface area contributed by atoms with Crippen molar-refractivity contribution in [2.24, 2.45) is 0 Å². The molecule has 62 valence electrons. The van der Waals surface area contributed by atoms with Crippen LogP contribution in [0, 0.1) is 0 Å². The number of nitrogens with one attached hydrogen (secondary N) is 1. The van der Waals surface area contributed by atoms with Gasteiger partial charge in [-0.25, -0.2) is 0 Å². The largest absolute Gasteiger partial charge is 0.316 e. The van der Waals surface area contributed by atoms with Crippen LogP contribution in [0.5, 0.6) is 0 Å². The zero-order valence-electron chi connectivity index (χ0n) is 7.61. The first-order valence-corrected chi connectivity index (χ1v) is 4.23. The fourth-order valence-corrected chi connectivity index (χ4v) is 0.506. The first kappa shape index (κ1) is 12.4. The third kappa shape index (κ3) is 15.6. The molecule has 1 N–H and O–H groups in total. The molecule has 0 aliphatic carbocycles. The van der Waals surface area contributed by atoms with E-state index in [4.69, 9.17) is 0 Å². The molecule has 0 amide bonds. The molecule has 0 saturated heterocycles. The van der Waals surface area contributed by atoms with E-state index < -0.39 is 0 Å². The molecule has 0 aromatic carbocycles. The summed E-state index contributed by atoms with van der Waals surface area (Å²) in [6, 6.07) is 0. The topological polar surface area (TPSA) is 12.0 Å². The van der Waals surface area contributed by atoms with Crippen LogP contribution in [-0.2, 0) is 0 Å². The molecule has 0 aliphatic heterocycles. The van der Waals surface area contributed by atoms with Gasteiger partial charge in [-0.2, -0.15) is 0 Å². The summed E-state index contributed by atoms with van der Waals surface area (Å²) in [7, 11) is 0. The Balaban J connectivity index is 0. The summed E-state index contributed by atoms with van der Waals surface area (Å²) in [6.45, 7) is 12.0. The van der Waals surface area contributed by atoms with Gasteiger partial charge in [0, 0.05) is 0 Å². The minimum Gasteiger partial charge on any atom is -0.316 e. The molecule has 10 heavy (non-hydrogen) atoms. The highest BCUT2D eigenvalue weighted by atomic mass is 14.8. The lowest BCUT2D eigenvalue weighted by Crippen LogP contribution is -2.14. The van der Waals surface area contributed by atoms with Crippen LogP contribution in [0.3, 0.4) is 0 Å². The Morgan fingerprint density at radius 3 is 2.30 bits per heavy atom. The van der Waals surface area contributed by atoms with Gasteiger partial charge >= 0.3 is 0 Å². The maximum absolute atomic E-state index is 3.62. The lowest BCUT2D eigenvalue weighted by molar-refractivity contribution is 0.678. The molecule has 0 radical (unpaired) electrons. The van der Waals surface area contributed by atoms with Gasteiger partial charge in [-0.05, 0) is 25.9 Å². The summed E-state index contributed by atoms with van der Waals surface area (Å²) in [4.78, 5) is 0. The lowest BCUT2D eigenvalue weighted by atomic mass is 10.4. The van der Waals surface area contributed by atoms with Crippen LogP contribution in [0.2, 0.25) is 0 Å². The summed E-state index contributed by atoms with van der Waals surface area (Å²) in [5.74, 6) is 0. The third-order valence-electron chi connectivity index (χ3n) is 0.952. The highest BCUT2D eigenvalue weighted by molar-refractivity contribution is 4.66. The van der Waals surface area contributed by atoms with E-state index >= 15 is 0 Å². The second-order valence-corrected chi connectivity index (χ2v) is 1.83. The predicted molar refractivity (Wildman–Crippen MR) is 49.3 cm³/mol. The van der Waals surface area contributed by atoms with E-state index in [-0.39, 0.29) is 0 Å². The third-order valence-corrected chi connectivity index (χ3v) is 0.952. The van der Waals surface area contributed by atoms with Crippen LogP contribution in [0.4, 0.5) is 0 Å². The van der Waals surface area contributed by atoms with Crippen molar-refractivity contribution in [3.63, 3.8) is 0 Å². The molecule has 0 bridgehead atoms. The molecule has 0 aromatic heterocycles. The van der Waals surface area contributed by atoms with Gasteiger partial charge in [-0.15, -0.1) is 6.58 Å². The summed E-state index contributed by atoms with van der Waals surface area (Å²) in [5, 5.41) is 3.26. The van der Waals surface area contributed by atoms with E-state index in [1.54, 1.807) is 0 Å². The Hall–Kier alpha value is -0.300. The van der Waals surface area contributed by atoms with E-state index in [1.807, 2.05) is 19.9 Å². The summed E-state index contributed by atoms with van der Waals surface area (Å²) in [6.07, 6.45) is 4.24. The van der Waals surface area contributed by atoms with Crippen molar-refractivity contribution in [2.75, 3.05) is 13.1 Å². The molecule has 0 saturated carbocycles. The normalized spacial score (nSPS) is 7.90. The van der Waals surface area contributed by atoms with Crippen molar-refractivity contribution >= 4 is 0 Å². The van der Waals surface area contributed by atoms with Gasteiger partial charge in [0.15, 0.2) is 0 Å². The highest BCUT2D eigenvalue weighted by Crippen LogP contribution is 1.75. The van der Waals surface area contributed by atoms with Crippen molar-refractivity contribution in [2.45, 2.75) is 33.6 Å². The minimum atomic E-state index is 1.08. The Morgan fingerprint density at radius 2 is 1.90 bits per heavy atom. The Labute approximate surface area is 65.5 Å². The van der Waals surface area contributed by atoms with Crippen LogP contribution in [0.25, 0.3) is 0 Å². The van der Waals surface area contributed by atoms with E-state index in [1.165, 1.54) is 6.42 Å². The number of hydrogen-bond donors (Lipinski definition) is 1. The van der Waals surface area contributed by atoms with Crippen molar-refractivity contribution in [1.29, 1.82) is 0 Å². The van der Waals surface area contributed by atoms with E-state index in [0.717, 1.165) is 19.5 Å². The molecular weight excluding hydrogens is 122 g/mol. The number of rotatable bonds is 5. The minimum absolute atomic E-state index is 1.08. The summed E-state index contributed by atoms with van der Waals surface area (Å²) >= 11 is 0. The quantitative estimate of drug-likeness (QED) is 0.461. The maximum atomic E-state index is 3.62. The second-order valence-electron chi connectivity index (χ2n) is 1.83. The average molecular weight is 143 g/mol. The Kier molecular flexibility index (Phi) is 19.7. The Morgan fingerprint density at radius 1 is 1.30 bits per heavy atom. The fraction of sp³-hybridized carbons (Fsp3) is 0.778. The van der Waals surface area contributed by atoms with Crippen LogP contribution < -0.4 is 5.32 Å². The molecule has 0 aliphatic rings. The Bertz CT molecular complexity index is 50.7. The van der Waals surface area contributed by atoms with E-state index in [9.17, 15) is 0 Å². The molecule has 0 atom stereocenters. The van der Waals surface area contributed by atoms with Gasteiger partial charge in [-0.3, -0.25) is 0 Å². The fourth-order valence-electron chi connectivity index (χ4n) is 0.506. The van der Waals surface area contributed by atoms with Gasteiger partial charge in [0.2, 0.25) is 0 Å². The zero-order valence-corrected chi connectivity index (χ0v) is 7.61. The smallest absolute Gasteiger partial charge is 0.00144 e. The zero-order chi connectivity index (χ0) is 8.24. The van der Waals surface area contributed by atoms with E-state index in [2.05, 4.69) is 18.8 Å². The molecule has 0 unspecified atom stereocenters. The monoisotopic (exact) mass is 143 g/mol. The summed E-state index contributed by atoms with van der Waals surface area (Å²) < 4.78 is 0. The van der Waals surface area contributed by atoms with E-state index in [0.29, 0.717) is 0 Å². The molecule has 0 heterocycles. The molecule has 1 heteroatoms. The van der Waals surface area contributed by atoms with Crippen molar-refractivity contribution in [3.05, 3.63) is 12.7 Å². The highest BCUT2D eigenvalue weighted by Gasteiger charge is 1.78. The van der Waals surface area contributed by atoms with Crippen LogP contribution in [-0.4, -0.2) is 13.1 Å². The van der Waals surface area contributed by atoms with Gasteiger partial charge < -0.3 is 5.32 Å². The summed E-state index contributed by atoms with van der Waals surface area (Å²) in [5.41, 5.74) is 0. The first-order valence-electron chi connectivity index (χ1n) is 4.23. The average Bonchev–Trinajstić information content (AvgIpc) is 2.02. The van der Waals surface area contributed by atoms with Crippen molar-refractivity contribution in [3.8, 4) is 0 Å². The van der Waals surface area contributed by atoms with Crippen molar-refractivity contribution < 1.29 is 0 Å². The van der Waals surface area contributed by atoms with Gasteiger partial charge in [0.25, 0.3) is 0 Å². The second kappa shape index (κ2) is 15.9. The SMILES string of the molecule is C=CCCNCCC.CC. The molecule has 0 aromatic rings. The van der Waals surface area contributed by atoms with Crippen LogP contribution in [0.1, 0.15) is 33.6 Å². The standard InChI is InChI=1S/C7H15N.C2H6/c1-3-5-7-8-6-4-2;1-2/h3,8H,1,4-7H2,2H3;1-2H3. The first-order chi connectivity index (χ1) is 4.91. The molecule has 0 fully saturated rings. The molecule has 1 nitrogen and oxygen atoms in total. The predicted octanol–water partition coefficient (Wildman–Crippen LogP) is 2.59. The lowest BCUT2D eigenvalue weighted by Gasteiger charge is -1.96. The maximum Gasteiger partial charge on any atom is -0.00144 e.